The van der Waals surface area contributed by atoms with E-state index in [1.807, 2.05) is 20.8 Å². The lowest BCUT2D eigenvalue weighted by Crippen LogP contribution is -2.52. The summed E-state index contributed by atoms with van der Waals surface area (Å²) in [5.74, 6) is 0.425. The molecule has 0 atom stereocenters. The number of halogens is 1. The van der Waals surface area contributed by atoms with Crippen molar-refractivity contribution < 1.29 is 9.53 Å². The summed E-state index contributed by atoms with van der Waals surface area (Å²) in [5.41, 5.74) is -0.433. The van der Waals surface area contributed by atoms with E-state index in [9.17, 15) is 4.79 Å². The van der Waals surface area contributed by atoms with Crippen LogP contribution >= 0.6 is 11.6 Å². The third-order valence-electron chi connectivity index (χ3n) is 2.66. The lowest BCUT2D eigenvalue weighted by molar-refractivity contribution is -0.00383. The predicted molar refractivity (Wildman–Crippen MR) is 68.5 cm³/mol. The third-order valence-corrected chi connectivity index (χ3v) is 2.85. The normalized spacial score (nSPS) is 16.6. The molecule has 1 saturated heterocycles. The van der Waals surface area contributed by atoms with Crippen molar-refractivity contribution in [3.05, 3.63) is 17.4 Å². The summed E-state index contributed by atoms with van der Waals surface area (Å²) in [4.78, 5) is 13.4. The van der Waals surface area contributed by atoms with Crippen LogP contribution in [0.3, 0.4) is 0 Å². The molecule has 5 nitrogen and oxygen atoms in total. The fraction of sp³-hybridized carbons (Fsp3) is 0.667. The van der Waals surface area contributed by atoms with Crippen LogP contribution in [0.15, 0.2) is 12.4 Å². The first kappa shape index (κ1) is 13.2. The van der Waals surface area contributed by atoms with E-state index in [0.29, 0.717) is 24.0 Å². The van der Waals surface area contributed by atoms with Crippen LogP contribution in [0.1, 0.15) is 20.8 Å². The number of likely N-dealkylation sites (tertiary alicyclic amines) is 1. The molecular weight excluding hydrogens is 254 g/mol. The maximum absolute atomic E-state index is 11.7. The Balaban J connectivity index is 1.75. The lowest BCUT2D eigenvalue weighted by Gasteiger charge is -2.39. The largest absolute Gasteiger partial charge is 0.444 e. The van der Waals surface area contributed by atoms with E-state index in [1.165, 1.54) is 0 Å². The molecule has 0 radical (unpaired) electrons. The second kappa shape index (κ2) is 4.80. The van der Waals surface area contributed by atoms with Gasteiger partial charge in [0.2, 0.25) is 0 Å². The Hall–Kier alpha value is -1.23. The number of hydrogen-bond acceptors (Lipinski definition) is 3. The Bertz CT molecular complexity index is 433. The average Bonchev–Trinajstić information content (AvgIpc) is 2.53. The minimum absolute atomic E-state index is 0.239. The second-order valence-electron chi connectivity index (χ2n) is 5.63. The zero-order valence-electron chi connectivity index (χ0n) is 10.9. The highest BCUT2D eigenvalue weighted by molar-refractivity contribution is 6.30. The van der Waals surface area contributed by atoms with Gasteiger partial charge in [0.05, 0.1) is 11.2 Å². The van der Waals surface area contributed by atoms with Crippen molar-refractivity contribution in [1.29, 1.82) is 0 Å². The fourth-order valence-corrected chi connectivity index (χ4v) is 2.02. The van der Waals surface area contributed by atoms with Crippen LogP contribution in [0, 0.1) is 5.92 Å². The summed E-state index contributed by atoms with van der Waals surface area (Å²) in [7, 11) is 0. The second-order valence-corrected chi connectivity index (χ2v) is 6.07. The number of amides is 1. The average molecular weight is 272 g/mol. The molecule has 0 saturated carbocycles. The number of aromatic nitrogens is 2. The molecule has 1 aromatic rings. The van der Waals surface area contributed by atoms with Gasteiger partial charge >= 0.3 is 6.09 Å². The fourth-order valence-electron chi connectivity index (χ4n) is 1.86. The van der Waals surface area contributed by atoms with Gasteiger partial charge in [-0.25, -0.2) is 4.79 Å². The van der Waals surface area contributed by atoms with Gasteiger partial charge < -0.3 is 9.64 Å². The monoisotopic (exact) mass is 271 g/mol. The maximum Gasteiger partial charge on any atom is 0.410 e. The molecule has 100 valence electrons. The quantitative estimate of drug-likeness (QED) is 0.830. The van der Waals surface area contributed by atoms with Gasteiger partial charge in [-0.1, -0.05) is 11.6 Å². The molecule has 18 heavy (non-hydrogen) atoms. The van der Waals surface area contributed by atoms with E-state index in [4.69, 9.17) is 16.3 Å². The van der Waals surface area contributed by atoms with Gasteiger partial charge in [0.25, 0.3) is 0 Å². The molecule has 0 N–H and O–H groups in total. The molecule has 0 bridgehead atoms. The molecule has 1 aliphatic heterocycles. The summed E-state index contributed by atoms with van der Waals surface area (Å²) < 4.78 is 7.09. The highest BCUT2D eigenvalue weighted by atomic mass is 35.5. The maximum atomic E-state index is 11.7. The van der Waals surface area contributed by atoms with E-state index in [-0.39, 0.29) is 6.09 Å². The molecular formula is C12H18ClN3O2. The summed E-state index contributed by atoms with van der Waals surface area (Å²) in [6, 6.07) is 0. The molecule has 2 heterocycles. The van der Waals surface area contributed by atoms with Crippen LogP contribution in [-0.4, -0.2) is 39.5 Å². The number of hydrogen-bond donors (Lipinski definition) is 0. The minimum Gasteiger partial charge on any atom is -0.444 e. The van der Waals surface area contributed by atoms with Crippen LogP contribution < -0.4 is 0 Å². The molecule has 0 aromatic carbocycles. The van der Waals surface area contributed by atoms with Gasteiger partial charge in [-0.3, -0.25) is 4.68 Å². The third kappa shape index (κ3) is 3.38. The number of ether oxygens (including phenoxy) is 1. The van der Waals surface area contributed by atoms with Crippen molar-refractivity contribution in [2.45, 2.75) is 32.9 Å². The molecule has 1 aromatic heterocycles. The smallest absolute Gasteiger partial charge is 0.410 e. The Kier molecular flexibility index (Phi) is 3.52. The Morgan fingerprint density at radius 1 is 1.56 bits per heavy atom. The first-order valence-electron chi connectivity index (χ1n) is 5.99. The van der Waals surface area contributed by atoms with E-state index in [0.717, 1.165) is 6.54 Å². The highest BCUT2D eigenvalue weighted by Gasteiger charge is 2.33. The van der Waals surface area contributed by atoms with Crippen molar-refractivity contribution in [2.24, 2.45) is 5.92 Å². The first-order chi connectivity index (χ1) is 8.33. The number of carbonyl (C=O) groups is 1. The van der Waals surface area contributed by atoms with Crippen molar-refractivity contribution in [1.82, 2.24) is 14.7 Å². The number of rotatable bonds is 2. The number of carbonyl (C=O) groups excluding carboxylic acids is 1. The van der Waals surface area contributed by atoms with Crippen molar-refractivity contribution in [3.63, 3.8) is 0 Å². The van der Waals surface area contributed by atoms with Crippen LogP contribution in [0.2, 0.25) is 5.02 Å². The number of nitrogens with zero attached hydrogens (tertiary/aromatic N) is 3. The summed E-state index contributed by atoms with van der Waals surface area (Å²) >= 11 is 5.79. The van der Waals surface area contributed by atoms with Crippen molar-refractivity contribution in [2.75, 3.05) is 13.1 Å². The summed E-state index contributed by atoms with van der Waals surface area (Å²) in [6.07, 6.45) is 3.17. The predicted octanol–water partition coefficient (Wildman–Crippen LogP) is 2.40. The van der Waals surface area contributed by atoms with E-state index in [1.54, 1.807) is 22.0 Å². The van der Waals surface area contributed by atoms with Gasteiger partial charge in [-0.15, -0.1) is 0 Å². The SMILES string of the molecule is CC(C)(C)OC(=O)N1CC(Cn2cc(Cl)cn2)C1. The van der Waals surface area contributed by atoms with Gasteiger partial charge in [-0.2, -0.15) is 5.10 Å². The first-order valence-corrected chi connectivity index (χ1v) is 6.37. The zero-order valence-corrected chi connectivity index (χ0v) is 11.6. The summed E-state index contributed by atoms with van der Waals surface area (Å²) in [5, 5.41) is 4.75. The van der Waals surface area contributed by atoms with Gasteiger partial charge in [0.15, 0.2) is 0 Å². The Morgan fingerprint density at radius 3 is 2.72 bits per heavy atom. The topological polar surface area (TPSA) is 47.4 Å². The van der Waals surface area contributed by atoms with Gasteiger partial charge in [-0.05, 0) is 20.8 Å². The van der Waals surface area contributed by atoms with Gasteiger partial charge in [0, 0.05) is 31.7 Å². The molecule has 0 unspecified atom stereocenters. The molecule has 1 fully saturated rings. The molecule has 1 amide bonds. The van der Waals surface area contributed by atoms with E-state index >= 15 is 0 Å². The van der Waals surface area contributed by atoms with Crippen LogP contribution in [0.5, 0.6) is 0 Å². The molecule has 0 spiro atoms. The molecule has 6 heteroatoms. The lowest BCUT2D eigenvalue weighted by atomic mass is 10.0. The van der Waals surface area contributed by atoms with Crippen LogP contribution in [0.4, 0.5) is 4.79 Å². The Morgan fingerprint density at radius 2 is 2.22 bits per heavy atom. The van der Waals surface area contributed by atoms with Crippen LogP contribution in [-0.2, 0) is 11.3 Å². The molecule has 2 rings (SSSR count). The zero-order chi connectivity index (χ0) is 13.3. The molecule has 1 aliphatic rings. The van der Waals surface area contributed by atoms with Gasteiger partial charge in [0.1, 0.15) is 5.60 Å². The standard InChI is InChI=1S/C12H18ClN3O2/c1-12(2,3)18-11(17)15-5-9(6-15)7-16-8-10(13)4-14-16/h4,8-9H,5-7H2,1-3H3. The van der Waals surface area contributed by atoms with Crippen molar-refractivity contribution in [3.8, 4) is 0 Å². The summed E-state index contributed by atoms with van der Waals surface area (Å²) in [6.45, 7) is 7.82. The minimum atomic E-state index is -0.433. The highest BCUT2D eigenvalue weighted by Crippen LogP contribution is 2.21. The molecule has 0 aliphatic carbocycles. The van der Waals surface area contributed by atoms with E-state index in [2.05, 4.69) is 5.10 Å². The Labute approximate surface area is 112 Å². The van der Waals surface area contributed by atoms with E-state index < -0.39 is 5.60 Å². The van der Waals surface area contributed by atoms with Crippen LogP contribution in [0.25, 0.3) is 0 Å². The van der Waals surface area contributed by atoms with Crippen molar-refractivity contribution >= 4 is 17.7 Å².